The van der Waals surface area contributed by atoms with E-state index < -0.39 is 12.6 Å². The highest BCUT2D eigenvalue weighted by atomic mass is 16.5. The number of nitrogens with one attached hydrogen (secondary N) is 2. The molecule has 0 fully saturated rings. The van der Waals surface area contributed by atoms with Crippen LogP contribution < -0.4 is 15.4 Å². The molecule has 2 rings (SSSR count). The van der Waals surface area contributed by atoms with Gasteiger partial charge < -0.3 is 20.5 Å². The molecule has 0 aliphatic heterocycles. The van der Waals surface area contributed by atoms with Gasteiger partial charge in [-0.2, -0.15) is 0 Å². The van der Waals surface area contributed by atoms with Crippen molar-refractivity contribution in [3.63, 3.8) is 0 Å². The number of benzene rings is 2. The van der Waals surface area contributed by atoms with Crippen molar-refractivity contribution >= 4 is 23.5 Å². The van der Waals surface area contributed by atoms with Crippen LogP contribution in [0, 0.1) is 13.8 Å². The molecule has 0 spiro atoms. The molecule has 2 aromatic rings. The van der Waals surface area contributed by atoms with Gasteiger partial charge in [0.05, 0.1) is 6.04 Å². The van der Waals surface area contributed by atoms with Crippen LogP contribution in [-0.4, -0.2) is 29.5 Å². The summed E-state index contributed by atoms with van der Waals surface area (Å²) in [5.41, 5.74) is 3.35. The van der Waals surface area contributed by atoms with Gasteiger partial charge in [0, 0.05) is 18.2 Å². The van der Waals surface area contributed by atoms with E-state index in [1.165, 1.54) is 6.92 Å². The third-order valence-corrected chi connectivity index (χ3v) is 4.12. The van der Waals surface area contributed by atoms with Crippen molar-refractivity contribution in [1.29, 1.82) is 0 Å². The number of carbonyl (C=O) groups is 3. The maximum atomic E-state index is 12.7. The molecule has 0 aliphatic carbocycles. The lowest BCUT2D eigenvalue weighted by atomic mass is 10.0. The van der Waals surface area contributed by atoms with E-state index in [1.807, 2.05) is 25.1 Å². The van der Waals surface area contributed by atoms with Gasteiger partial charge in [0.15, 0.2) is 6.61 Å². The second-order valence-corrected chi connectivity index (χ2v) is 6.62. The zero-order valence-corrected chi connectivity index (χ0v) is 16.3. The summed E-state index contributed by atoms with van der Waals surface area (Å²) in [5.74, 6) is -1.01. The number of ether oxygens (including phenoxy) is 1. The van der Waals surface area contributed by atoms with Crippen LogP contribution in [0.2, 0.25) is 0 Å². The summed E-state index contributed by atoms with van der Waals surface area (Å²) in [6.45, 7) is 6.39. The number of aryl methyl sites for hydroxylation is 2. The maximum absolute atomic E-state index is 12.7. The summed E-state index contributed by atoms with van der Waals surface area (Å²) < 4.78 is 5.29. The first-order valence-electron chi connectivity index (χ1n) is 8.81. The van der Waals surface area contributed by atoms with Crippen LogP contribution in [0.5, 0.6) is 5.75 Å². The topological polar surface area (TPSA) is 105 Å². The number of hydrogen-bond donors (Lipinski definition) is 3. The molecule has 148 valence electrons. The van der Waals surface area contributed by atoms with Crippen LogP contribution in [0.15, 0.2) is 36.4 Å². The molecule has 0 saturated carbocycles. The van der Waals surface area contributed by atoms with Gasteiger partial charge in [-0.15, -0.1) is 0 Å². The van der Waals surface area contributed by atoms with Gasteiger partial charge in [0.2, 0.25) is 5.91 Å². The Balaban J connectivity index is 2.14. The van der Waals surface area contributed by atoms with Crippen LogP contribution in [0.1, 0.15) is 46.9 Å². The Bertz CT molecular complexity index is 884. The fourth-order valence-corrected chi connectivity index (χ4v) is 2.90. The molecule has 28 heavy (non-hydrogen) atoms. The second-order valence-electron chi connectivity index (χ2n) is 6.62. The standard InChI is InChI=1S/C21H24N2O5/c1-12-8-17(9-13(2)20(12)28-11-19(25)26)21(27)22-14(3)16-6-5-7-18(10-16)23-15(4)24/h5-10,14H,11H2,1-4H3,(H,22,27)(H,23,24)(H,25,26). The highest BCUT2D eigenvalue weighted by Gasteiger charge is 2.15. The van der Waals surface area contributed by atoms with E-state index in [4.69, 9.17) is 9.84 Å². The number of hydrogen-bond acceptors (Lipinski definition) is 4. The fourth-order valence-electron chi connectivity index (χ4n) is 2.90. The molecule has 0 saturated heterocycles. The largest absolute Gasteiger partial charge is 0.481 e. The molecule has 0 aliphatic rings. The van der Waals surface area contributed by atoms with E-state index in [-0.39, 0.29) is 17.9 Å². The Kier molecular flexibility index (Phi) is 6.76. The normalized spacial score (nSPS) is 11.4. The molecule has 0 aromatic heterocycles. The SMILES string of the molecule is CC(=O)Nc1cccc(C(C)NC(=O)c2cc(C)c(OCC(=O)O)c(C)c2)c1. The summed E-state index contributed by atoms with van der Waals surface area (Å²) in [7, 11) is 0. The summed E-state index contributed by atoms with van der Waals surface area (Å²) >= 11 is 0. The monoisotopic (exact) mass is 384 g/mol. The second kappa shape index (κ2) is 9.03. The van der Waals surface area contributed by atoms with Gasteiger partial charge in [-0.3, -0.25) is 9.59 Å². The Hall–Kier alpha value is -3.35. The quantitative estimate of drug-likeness (QED) is 0.680. The van der Waals surface area contributed by atoms with Crippen molar-refractivity contribution in [1.82, 2.24) is 5.32 Å². The van der Waals surface area contributed by atoms with Crippen LogP contribution >= 0.6 is 0 Å². The van der Waals surface area contributed by atoms with Gasteiger partial charge in [0.1, 0.15) is 5.75 Å². The predicted octanol–water partition coefficient (Wildman–Crippen LogP) is 3.22. The molecular formula is C21H24N2O5. The van der Waals surface area contributed by atoms with Gasteiger partial charge in [0.25, 0.3) is 5.91 Å². The Morgan fingerprint density at radius 1 is 1.11 bits per heavy atom. The van der Waals surface area contributed by atoms with Crippen molar-refractivity contribution in [2.45, 2.75) is 33.7 Å². The van der Waals surface area contributed by atoms with Crippen LogP contribution in [0.4, 0.5) is 5.69 Å². The Labute approximate surface area is 163 Å². The van der Waals surface area contributed by atoms with Crippen molar-refractivity contribution in [2.75, 3.05) is 11.9 Å². The fraction of sp³-hybridized carbons (Fsp3) is 0.286. The van der Waals surface area contributed by atoms with Crippen LogP contribution in [0.3, 0.4) is 0 Å². The smallest absolute Gasteiger partial charge is 0.341 e. The van der Waals surface area contributed by atoms with E-state index in [2.05, 4.69) is 10.6 Å². The number of carboxylic acid groups (broad SMARTS) is 1. The average molecular weight is 384 g/mol. The van der Waals surface area contributed by atoms with Gasteiger partial charge in [-0.05, 0) is 61.7 Å². The first kappa shape index (κ1) is 21.0. The molecular weight excluding hydrogens is 360 g/mol. The van der Waals surface area contributed by atoms with Gasteiger partial charge in [-0.1, -0.05) is 12.1 Å². The lowest BCUT2D eigenvalue weighted by Crippen LogP contribution is -2.27. The highest BCUT2D eigenvalue weighted by molar-refractivity contribution is 5.95. The number of carboxylic acids is 1. The zero-order valence-electron chi connectivity index (χ0n) is 16.3. The molecule has 0 bridgehead atoms. The van der Waals surface area contributed by atoms with Gasteiger partial charge in [-0.25, -0.2) is 4.79 Å². The molecule has 2 amide bonds. The van der Waals surface area contributed by atoms with Crippen molar-refractivity contribution in [3.8, 4) is 5.75 Å². The lowest BCUT2D eigenvalue weighted by Gasteiger charge is -2.17. The number of anilines is 1. The summed E-state index contributed by atoms with van der Waals surface area (Å²) in [6.07, 6.45) is 0. The summed E-state index contributed by atoms with van der Waals surface area (Å²) in [4.78, 5) is 34.6. The average Bonchev–Trinajstić information content (AvgIpc) is 2.60. The number of aliphatic carboxylic acids is 1. The molecule has 0 radical (unpaired) electrons. The first-order chi connectivity index (χ1) is 13.2. The molecule has 2 aromatic carbocycles. The minimum atomic E-state index is -1.06. The van der Waals surface area contributed by atoms with Crippen LogP contribution in [-0.2, 0) is 9.59 Å². The Morgan fingerprint density at radius 2 is 1.75 bits per heavy atom. The van der Waals surface area contributed by atoms with Gasteiger partial charge >= 0.3 is 5.97 Å². The Morgan fingerprint density at radius 3 is 2.32 bits per heavy atom. The lowest BCUT2D eigenvalue weighted by molar-refractivity contribution is -0.139. The van der Waals surface area contributed by atoms with E-state index in [0.29, 0.717) is 28.1 Å². The van der Waals surface area contributed by atoms with E-state index >= 15 is 0 Å². The number of carbonyl (C=O) groups excluding carboxylic acids is 2. The molecule has 0 heterocycles. The van der Waals surface area contributed by atoms with E-state index in [1.54, 1.807) is 32.0 Å². The van der Waals surface area contributed by atoms with Crippen LogP contribution in [0.25, 0.3) is 0 Å². The predicted molar refractivity (Wildman–Crippen MR) is 106 cm³/mol. The van der Waals surface area contributed by atoms with E-state index in [9.17, 15) is 14.4 Å². The van der Waals surface area contributed by atoms with Crippen molar-refractivity contribution in [3.05, 3.63) is 58.7 Å². The van der Waals surface area contributed by atoms with Crippen molar-refractivity contribution in [2.24, 2.45) is 0 Å². The molecule has 1 unspecified atom stereocenters. The first-order valence-corrected chi connectivity index (χ1v) is 8.81. The molecule has 7 nitrogen and oxygen atoms in total. The maximum Gasteiger partial charge on any atom is 0.341 e. The molecule has 3 N–H and O–H groups in total. The molecule has 7 heteroatoms. The van der Waals surface area contributed by atoms with E-state index in [0.717, 1.165) is 5.56 Å². The van der Waals surface area contributed by atoms with Crippen molar-refractivity contribution < 1.29 is 24.2 Å². The minimum Gasteiger partial charge on any atom is -0.481 e. The third-order valence-electron chi connectivity index (χ3n) is 4.12. The summed E-state index contributed by atoms with van der Waals surface area (Å²) in [5, 5.41) is 14.4. The zero-order chi connectivity index (χ0) is 20.8. The molecule has 1 atom stereocenters. The summed E-state index contributed by atoms with van der Waals surface area (Å²) in [6, 6.07) is 10.3. The number of rotatable bonds is 7. The number of amides is 2. The third kappa shape index (κ3) is 5.57. The minimum absolute atomic E-state index is 0.162. The highest BCUT2D eigenvalue weighted by Crippen LogP contribution is 2.25.